The lowest BCUT2D eigenvalue weighted by Gasteiger charge is -1.93. The maximum absolute atomic E-state index is 7.85. The van der Waals surface area contributed by atoms with Gasteiger partial charge in [-0.2, -0.15) is 0 Å². The van der Waals surface area contributed by atoms with E-state index in [1.807, 2.05) is 30.3 Å². The van der Waals surface area contributed by atoms with Gasteiger partial charge in [0.15, 0.2) is 0 Å². The molecule has 0 bridgehead atoms. The molecule has 1 heteroatoms. The average molecular weight is 198 g/mol. The van der Waals surface area contributed by atoms with Crippen molar-refractivity contribution < 1.29 is 9.90 Å². The fraction of sp³-hybridized carbons (Fsp3) is 0. The molecule has 0 aliphatic heterocycles. The van der Waals surface area contributed by atoms with Crippen molar-refractivity contribution in [3.05, 3.63) is 60.6 Å². The molecule has 0 fully saturated rings. The molecule has 0 N–H and O–H groups in total. The van der Waals surface area contributed by atoms with Gasteiger partial charge in [-0.25, -0.2) is 0 Å². The number of rotatable bonds is 1. The first-order valence-corrected chi connectivity index (χ1v) is 4.65. The van der Waals surface area contributed by atoms with Gasteiger partial charge in [-0.05, 0) is 12.1 Å². The monoisotopic (exact) mass is 198 g/mol. The van der Waals surface area contributed by atoms with Gasteiger partial charge in [-0.15, -0.1) is 0 Å². The van der Waals surface area contributed by atoms with Crippen LogP contribution < -0.4 is 0 Å². The highest BCUT2D eigenvalue weighted by molar-refractivity contribution is 5.82. The van der Waals surface area contributed by atoms with E-state index in [4.69, 9.17) is 9.90 Å². The van der Waals surface area contributed by atoms with Crippen molar-refractivity contribution >= 4 is 11.0 Å². The minimum Gasteiger partial charge on any atom is -0.456 e. The molecule has 3 rings (SSSR count). The smallest absolute Gasteiger partial charge is 0.135 e. The third kappa shape index (κ3) is 1.42. The van der Waals surface area contributed by atoms with Gasteiger partial charge in [0.25, 0.3) is 0 Å². The molecule has 0 radical (unpaired) electrons. The molecule has 0 saturated carbocycles. The van der Waals surface area contributed by atoms with Crippen molar-refractivity contribution in [2.24, 2.45) is 0 Å². The van der Waals surface area contributed by atoms with Gasteiger partial charge >= 0.3 is 0 Å². The lowest BCUT2D eigenvalue weighted by atomic mass is 10.1. The van der Waals surface area contributed by atoms with Gasteiger partial charge in [-0.3, -0.25) is 0 Å². The highest BCUT2D eigenvalue weighted by Crippen LogP contribution is 2.27. The van der Waals surface area contributed by atoms with Crippen molar-refractivity contribution in [2.45, 2.75) is 0 Å². The standard InChI is InChI=1S/C14H10O/c1-2-6-11(7-3-1)14-10-12-8-4-5-9-13(12)15-14/h1-10H/i4D,5D,8D,9D. The Morgan fingerprint density at radius 1 is 1.00 bits per heavy atom. The highest BCUT2D eigenvalue weighted by Gasteiger charge is 2.03. The van der Waals surface area contributed by atoms with Crippen molar-refractivity contribution in [1.82, 2.24) is 0 Å². The Bertz CT molecular complexity index is 717. The molecule has 0 amide bonds. The van der Waals surface area contributed by atoms with Gasteiger partial charge in [0.05, 0.1) is 5.48 Å². The zero-order valence-electron chi connectivity index (χ0n) is 11.9. The summed E-state index contributed by atoms with van der Waals surface area (Å²) in [4.78, 5) is 0. The topological polar surface area (TPSA) is 13.1 Å². The summed E-state index contributed by atoms with van der Waals surface area (Å²) in [6.45, 7) is 0. The van der Waals surface area contributed by atoms with Crippen LogP contribution in [0.1, 0.15) is 5.48 Å². The van der Waals surface area contributed by atoms with Crippen LogP contribution in [0.15, 0.2) is 65.0 Å². The fourth-order valence-electron chi connectivity index (χ4n) is 1.51. The number of furan rings is 1. The Balaban J connectivity index is 2.33. The number of hydrogen-bond donors (Lipinski definition) is 0. The van der Waals surface area contributed by atoms with E-state index in [1.54, 1.807) is 6.07 Å². The molecule has 0 atom stereocenters. The number of benzene rings is 2. The molecular formula is C14H10O. The fourth-order valence-corrected chi connectivity index (χ4v) is 1.51. The second kappa shape index (κ2) is 3.28. The van der Waals surface area contributed by atoms with E-state index < -0.39 is 0 Å². The van der Waals surface area contributed by atoms with E-state index in [0.29, 0.717) is 11.1 Å². The van der Waals surface area contributed by atoms with Crippen LogP contribution in [0.2, 0.25) is 0 Å². The molecule has 1 aromatic heterocycles. The van der Waals surface area contributed by atoms with E-state index >= 15 is 0 Å². The summed E-state index contributed by atoms with van der Waals surface area (Å²) in [6, 6.07) is 10.3. The maximum atomic E-state index is 7.85. The lowest BCUT2D eigenvalue weighted by molar-refractivity contribution is 0.631. The molecule has 1 heterocycles. The van der Waals surface area contributed by atoms with Gasteiger partial charge in [-0.1, -0.05) is 48.5 Å². The zero-order valence-corrected chi connectivity index (χ0v) is 7.87. The Morgan fingerprint density at radius 3 is 2.67 bits per heavy atom. The first-order valence-electron chi connectivity index (χ1n) is 6.65. The largest absolute Gasteiger partial charge is 0.456 e. The number of fused-ring (bicyclic) bond motifs is 1. The average Bonchev–Trinajstić information content (AvgIpc) is 2.89. The second-order valence-electron chi connectivity index (χ2n) is 3.22. The van der Waals surface area contributed by atoms with Gasteiger partial charge in [0.1, 0.15) is 11.3 Å². The van der Waals surface area contributed by atoms with Crippen LogP contribution >= 0.6 is 0 Å². The summed E-state index contributed by atoms with van der Waals surface area (Å²) >= 11 is 0. The second-order valence-corrected chi connectivity index (χ2v) is 3.22. The molecule has 3 aromatic rings. The molecule has 15 heavy (non-hydrogen) atoms. The quantitative estimate of drug-likeness (QED) is 0.573. The minimum absolute atomic E-state index is 0.0677. The molecule has 0 aliphatic rings. The third-order valence-corrected chi connectivity index (χ3v) is 2.23. The third-order valence-electron chi connectivity index (χ3n) is 2.23. The van der Waals surface area contributed by atoms with Crippen LogP contribution in [0.25, 0.3) is 22.3 Å². The molecule has 0 spiro atoms. The molecule has 0 unspecified atom stereocenters. The number of para-hydroxylation sites is 1. The molecule has 0 aliphatic carbocycles. The molecular weight excluding hydrogens is 184 g/mol. The Labute approximate surface area is 93.6 Å². The molecule has 0 saturated heterocycles. The Hall–Kier alpha value is -2.02. The molecule has 2 aromatic carbocycles. The van der Waals surface area contributed by atoms with E-state index in [1.165, 1.54) is 0 Å². The summed E-state index contributed by atoms with van der Waals surface area (Å²) in [5.41, 5.74) is 1.04. The summed E-state index contributed by atoms with van der Waals surface area (Å²) in [7, 11) is 0. The van der Waals surface area contributed by atoms with Crippen LogP contribution in [0.5, 0.6) is 0 Å². The number of hydrogen-bond acceptors (Lipinski definition) is 1. The molecule has 1 nitrogen and oxygen atoms in total. The van der Waals surface area contributed by atoms with Crippen LogP contribution in [0, 0.1) is 0 Å². The lowest BCUT2D eigenvalue weighted by Crippen LogP contribution is -1.69. The summed E-state index contributed by atoms with van der Waals surface area (Å²) in [6.07, 6.45) is 0. The van der Waals surface area contributed by atoms with Crippen molar-refractivity contribution in [2.75, 3.05) is 0 Å². The molecule has 72 valence electrons. The van der Waals surface area contributed by atoms with Crippen LogP contribution in [-0.2, 0) is 0 Å². The predicted octanol–water partition coefficient (Wildman–Crippen LogP) is 4.10. The SMILES string of the molecule is [2H]c1c([2H])c([2H])c2oc(-c3ccccc3)cc2c1[2H]. The summed E-state index contributed by atoms with van der Waals surface area (Å²) in [5.74, 6) is 0.544. The first-order chi connectivity index (χ1) is 9.09. The summed E-state index contributed by atoms with van der Waals surface area (Å²) < 4.78 is 36.5. The van der Waals surface area contributed by atoms with Gasteiger partial charge in [0.2, 0.25) is 0 Å². The highest BCUT2D eigenvalue weighted by atomic mass is 16.3. The van der Waals surface area contributed by atoms with Gasteiger partial charge in [0, 0.05) is 10.9 Å². The van der Waals surface area contributed by atoms with E-state index in [0.717, 1.165) is 5.56 Å². The minimum atomic E-state index is -0.272. The Kier molecular flexibility index (Phi) is 1.13. The van der Waals surface area contributed by atoms with E-state index in [2.05, 4.69) is 0 Å². The van der Waals surface area contributed by atoms with Crippen molar-refractivity contribution in [1.29, 1.82) is 0 Å². The van der Waals surface area contributed by atoms with Crippen molar-refractivity contribution in [3.63, 3.8) is 0 Å². The Morgan fingerprint density at radius 2 is 1.80 bits per heavy atom. The van der Waals surface area contributed by atoms with Crippen LogP contribution in [0.4, 0.5) is 0 Å². The van der Waals surface area contributed by atoms with Gasteiger partial charge < -0.3 is 4.42 Å². The zero-order chi connectivity index (χ0) is 13.6. The van der Waals surface area contributed by atoms with Crippen LogP contribution in [0.3, 0.4) is 0 Å². The van der Waals surface area contributed by atoms with E-state index in [9.17, 15) is 0 Å². The normalized spacial score (nSPS) is 14.4. The maximum Gasteiger partial charge on any atom is 0.135 e. The van der Waals surface area contributed by atoms with Crippen molar-refractivity contribution in [3.8, 4) is 11.3 Å². The summed E-state index contributed by atoms with van der Waals surface area (Å²) in [5, 5.41) is 0.407. The van der Waals surface area contributed by atoms with E-state index in [-0.39, 0.29) is 29.8 Å². The predicted molar refractivity (Wildman–Crippen MR) is 61.7 cm³/mol. The first kappa shape index (κ1) is 5.17. The van der Waals surface area contributed by atoms with Crippen LogP contribution in [-0.4, -0.2) is 0 Å².